The fourth-order valence-corrected chi connectivity index (χ4v) is 2.90. The maximum atomic E-state index is 12.3. The van der Waals surface area contributed by atoms with Gasteiger partial charge >= 0.3 is 6.03 Å². The summed E-state index contributed by atoms with van der Waals surface area (Å²) in [5.74, 6) is 0.557. The second-order valence-electron chi connectivity index (χ2n) is 5.84. The summed E-state index contributed by atoms with van der Waals surface area (Å²) in [5.41, 5.74) is 2.08. The molecule has 0 spiro atoms. The summed E-state index contributed by atoms with van der Waals surface area (Å²) in [6.07, 6.45) is 0.843. The molecule has 6 nitrogen and oxygen atoms in total. The maximum absolute atomic E-state index is 12.3. The lowest BCUT2D eigenvalue weighted by Gasteiger charge is -2.17. The predicted octanol–water partition coefficient (Wildman–Crippen LogP) is 2.61. The van der Waals surface area contributed by atoms with E-state index in [1.807, 2.05) is 24.3 Å². The zero-order valence-electron chi connectivity index (χ0n) is 14.2. The van der Waals surface area contributed by atoms with E-state index in [2.05, 4.69) is 10.6 Å². The largest absolute Gasteiger partial charge is 0.492 e. The SMILES string of the molecule is O=C(NCCOc1ccc(Cl)cc1)NCC(=O)N1CCc2ccccc21. The summed E-state index contributed by atoms with van der Waals surface area (Å²) in [5, 5.41) is 5.88. The molecule has 0 aliphatic carbocycles. The van der Waals surface area contributed by atoms with Gasteiger partial charge in [-0.15, -0.1) is 0 Å². The summed E-state index contributed by atoms with van der Waals surface area (Å²) in [7, 11) is 0. The van der Waals surface area contributed by atoms with Gasteiger partial charge in [-0.05, 0) is 42.3 Å². The second kappa shape index (κ2) is 8.58. The number of urea groups is 1. The van der Waals surface area contributed by atoms with Gasteiger partial charge in [0.2, 0.25) is 5.91 Å². The predicted molar refractivity (Wildman–Crippen MR) is 101 cm³/mol. The molecule has 0 aromatic heterocycles. The molecule has 1 aliphatic rings. The summed E-state index contributed by atoms with van der Waals surface area (Å²) >= 11 is 5.80. The number of nitrogens with zero attached hydrogens (tertiary/aromatic N) is 1. The van der Waals surface area contributed by atoms with E-state index in [4.69, 9.17) is 16.3 Å². The Morgan fingerprint density at radius 2 is 1.85 bits per heavy atom. The topological polar surface area (TPSA) is 70.7 Å². The van der Waals surface area contributed by atoms with Crippen LogP contribution in [0.25, 0.3) is 0 Å². The van der Waals surface area contributed by atoms with Gasteiger partial charge in [-0.3, -0.25) is 4.79 Å². The van der Waals surface area contributed by atoms with Crippen LogP contribution in [0.5, 0.6) is 5.75 Å². The van der Waals surface area contributed by atoms with Crippen LogP contribution in [0.3, 0.4) is 0 Å². The Balaban J connectivity index is 1.35. The van der Waals surface area contributed by atoms with Crippen LogP contribution in [-0.2, 0) is 11.2 Å². The normalized spacial score (nSPS) is 12.4. The van der Waals surface area contributed by atoms with Crippen molar-refractivity contribution in [1.82, 2.24) is 10.6 Å². The quantitative estimate of drug-likeness (QED) is 0.765. The molecule has 0 radical (unpaired) electrons. The lowest BCUT2D eigenvalue weighted by molar-refractivity contribution is -0.117. The zero-order chi connectivity index (χ0) is 18.4. The Labute approximate surface area is 157 Å². The van der Waals surface area contributed by atoms with Gasteiger partial charge in [0.05, 0.1) is 13.1 Å². The highest BCUT2D eigenvalue weighted by Gasteiger charge is 2.23. The lowest BCUT2D eigenvalue weighted by atomic mass is 10.2. The number of amides is 3. The average molecular weight is 374 g/mol. The van der Waals surface area contributed by atoms with Gasteiger partial charge in [0.15, 0.2) is 0 Å². The van der Waals surface area contributed by atoms with Crippen LogP contribution in [0, 0.1) is 0 Å². The minimum absolute atomic E-state index is 0.0434. The van der Waals surface area contributed by atoms with E-state index in [9.17, 15) is 9.59 Å². The van der Waals surface area contributed by atoms with Crippen molar-refractivity contribution in [3.63, 3.8) is 0 Å². The van der Waals surface area contributed by atoms with Gasteiger partial charge in [-0.2, -0.15) is 0 Å². The summed E-state index contributed by atoms with van der Waals surface area (Å²) in [6, 6.07) is 14.4. The number of nitrogens with one attached hydrogen (secondary N) is 2. The highest BCUT2D eigenvalue weighted by molar-refractivity contribution is 6.30. The average Bonchev–Trinajstić information content (AvgIpc) is 3.09. The molecule has 0 atom stereocenters. The zero-order valence-corrected chi connectivity index (χ0v) is 15.0. The first-order chi connectivity index (χ1) is 12.6. The van der Waals surface area contributed by atoms with Crippen LogP contribution in [-0.4, -0.2) is 38.2 Å². The number of halogens is 1. The van der Waals surface area contributed by atoms with Crippen LogP contribution >= 0.6 is 11.6 Å². The highest BCUT2D eigenvalue weighted by atomic mass is 35.5. The first-order valence-electron chi connectivity index (χ1n) is 8.42. The van der Waals surface area contributed by atoms with Crippen molar-refractivity contribution in [3.8, 4) is 5.75 Å². The second-order valence-corrected chi connectivity index (χ2v) is 6.27. The number of carbonyl (C=O) groups is 2. The van der Waals surface area contributed by atoms with Crippen molar-refractivity contribution < 1.29 is 14.3 Å². The Kier molecular flexibility index (Phi) is 5.96. The van der Waals surface area contributed by atoms with Crippen LogP contribution in [0.15, 0.2) is 48.5 Å². The van der Waals surface area contributed by atoms with Gasteiger partial charge in [-0.1, -0.05) is 29.8 Å². The standard InChI is InChI=1S/C19H20ClN3O3/c20-15-5-7-16(8-6-15)26-12-10-21-19(25)22-13-18(24)23-11-9-14-3-1-2-4-17(14)23/h1-8H,9-13H2,(H2,21,22,25). The molecule has 0 bridgehead atoms. The third kappa shape index (κ3) is 4.67. The summed E-state index contributed by atoms with van der Waals surface area (Å²) < 4.78 is 5.48. The van der Waals surface area contributed by atoms with Gasteiger partial charge < -0.3 is 20.3 Å². The molecular weight excluding hydrogens is 354 g/mol. The highest BCUT2D eigenvalue weighted by Crippen LogP contribution is 2.27. The minimum Gasteiger partial charge on any atom is -0.492 e. The molecule has 0 saturated heterocycles. The number of hydrogen-bond acceptors (Lipinski definition) is 3. The molecule has 26 heavy (non-hydrogen) atoms. The monoisotopic (exact) mass is 373 g/mol. The number of hydrogen-bond donors (Lipinski definition) is 2. The smallest absolute Gasteiger partial charge is 0.315 e. The maximum Gasteiger partial charge on any atom is 0.315 e. The number of para-hydroxylation sites is 1. The van der Waals surface area contributed by atoms with E-state index in [0.29, 0.717) is 30.5 Å². The molecule has 136 valence electrons. The van der Waals surface area contributed by atoms with E-state index in [-0.39, 0.29) is 12.5 Å². The van der Waals surface area contributed by atoms with Crippen molar-refractivity contribution >= 4 is 29.2 Å². The molecule has 0 fully saturated rings. The molecule has 3 rings (SSSR count). The molecule has 2 aromatic rings. The van der Waals surface area contributed by atoms with Gasteiger partial charge in [0, 0.05) is 17.3 Å². The molecule has 2 N–H and O–H groups in total. The first-order valence-corrected chi connectivity index (χ1v) is 8.79. The molecule has 7 heteroatoms. The Morgan fingerprint density at radius 3 is 2.65 bits per heavy atom. The van der Waals surface area contributed by atoms with Crippen molar-refractivity contribution in [3.05, 3.63) is 59.1 Å². The summed E-state index contributed by atoms with van der Waals surface area (Å²) in [6.45, 7) is 1.26. The van der Waals surface area contributed by atoms with E-state index in [0.717, 1.165) is 17.7 Å². The molecular formula is C19H20ClN3O3. The number of benzene rings is 2. The molecule has 0 unspecified atom stereocenters. The molecule has 2 aromatic carbocycles. The molecule has 1 aliphatic heterocycles. The number of fused-ring (bicyclic) bond motifs is 1. The molecule has 0 saturated carbocycles. The molecule has 3 amide bonds. The number of ether oxygens (including phenoxy) is 1. The molecule has 1 heterocycles. The van der Waals surface area contributed by atoms with E-state index < -0.39 is 6.03 Å². The number of anilines is 1. The van der Waals surface area contributed by atoms with Gasteiger partial charge in [0.1, 0.15) is 12.4 Å². The van der Waals surface area contributed by atoms with Crippen LogP contribution in [0.4, 0.5) is 10.5 Å². The fourth-order valence-electron chi connectivity index (χ4n) is 2.78. The fraction of sp³-hybridized carbons (Fsp3) is 0.263. The third-order valence-electron chi connectivity index (χ3n) is 4.06. The number of carbonyl (C=O) groups excluding carboxylic acids is 2. The Morgan fingerprint density at radius 1 is 1.08 bits per heavy atom. The Bertz CT molecular complexity index is 780. The number of rotatable bonds is 6. The minimum atomic E-state index is -0.398. The van der Waals surface area contributed by atoms with Crippen molar-refractivity contribution in [2.45, 2.75) is 6.42 Å². The van der Waals surface area contributed by atoms with Crippen molar-refractivity contribution in [1.29, 1.82) is 0 Å². The first kappa shape index (κ1) is 18.1. The van der Waals surface area contributed by atoms with Gasteiger partial charge in [-0.25, -0.2) is 4.79 Å². The van der Waals surface area contributed by atoms with Crippen molar-refractivity contribution in [2.75, 3.05) is 31.1 Å². The van der Waals surface area contributed by atoms with Gasteiger partial charge in [0.25, 0.3) is 0 Å². The Hall–Kier alpha value is -2.73. The van der Waals surface area contributed by atoms with E-state index >= 15 is 0 Å². The summed E-state index contributed by atoms with van der Waals surface area (Å²) in [4.78, 5) is 25.8. The van der Waals surface area contributed by atoms with Crippen molar-refractivity contribution in [2.24, 2.45) is 0 Å². The van der Waals surface area contributed by atoms with E-state index in [1.54, 1.807) is 29.2 Å². The van der Waals surface area contributed by atoms with Crippen LogP contribution in [0.2, 0.25) is 5.02 Å². The third-order valence-corrected chi connectivity index (χ3v) is 4.31. The van der Waals surface area contributed by atoms with E-state index in [1.165, 1.54) is 0 Å². The lowest BCUT2D eigenvalue weighted by Crippen LogP contribution is -2.44. The van der Waals surface area contributed by atoms with Crippen LogP contribution < -0.4 is 20.3 Å². The van der Waals surface area contributed by atoms with Crippen LogP contribution in [0.1, 0.15) is 5.56 Å².